The molecule has 5 heteroatoms. The summed E-state index contributed by atoms with van der Waals surface area (Å²) in [6, 6.07) is 0. The molecule has 0 aromatic carbocycles. The molecule has 0 saturated heterocycles. The predicted octanol–water partition coefficient (Wildman–Crippen LogP) is 0.725. The van der Waals surface area contributed by atoms with Gasteiger partial charge in [0.2, 0.25) is 0 Å². The summed E-state index contributed by atoms with van der Waals surface area (Å²) in [7, 11) is 0. The van der Waals surface area contributed by atoms with Crippen molar-refractivity contribution in [1.29, 1.82) is 0 Å². The molecule has 0 aliphatic heterocycles. The third-order valence-corrected chi connectivity index (χ3v) is 0.515. The van der Waals surface area contributed by atoms with Crippen LogP contribution in [-0.2, 0) is 9.53 Å². The number of rotatable bonds is 2. The Labute approximate surface area is 55.0 Å². The van der Waals surface area contributed by atoms with Gasteiger partial charge in [-0.2, -0.15) is 8.78 Å². The van der Waals surface area contributed by atoms with Gasteiger partial charge >= 0.3 is 12.1 Å². The van der Waals surface area contributed by atoms with E-state index in [-0.39, 0.29) is 0 Å². The number of hydrogen-bond acceptors (Lipinski definition) is 2. The van der Waals surface area contributed by atoms with Crippen LogP contribution >= 0.6 is 0 Å². The van der Waals surface area contributed by atoms with Crippen molar-refractivity contribution in [3.63, 3.8) is 0 Å². The molecule has 0 aliphatic carbocycles. The molecule has 0 unspecified atom stereocenters. The molecule has 0 spiro atoms. The third kappa shape index (κ3) is 2.97. The van der Waals surface area contributed by atoms with Crippen LogP contribution in [0.15, 0.2) is 0 Å². The van der Waals surface area contributed by atoms with Gasteiger partial charge in [-0.3, -0.25) is 0 Å². The van der Waals surface area contributed by atoms with E-state index in [1.807, 2.05) is 0 Å². The SMILES string of the molecule is C#CC(=O)OC(F)(F)CF. The molecule has 0 heterocycles. The molecule has 0 aliphatic rings. The first kappa shape index (κ1) is 8.82. The van der Waals surface area contributed by atoms with Gasteiger partial charge in [0, 0.05) is 5.92 Å². The Morgan fingerprint density at radius 2 is 2.20 bits per heavy atom. The molecule has 2 nitrogen and oxygen atoms in total. The largest absolute Gasteiger partial charge is 0.429 e. The molecule has 0 amide bonds. The Bertz CT molecular complexity index is 170. The van der Waals surface area contributed by atoms with Crippen LogP contribution in [-0.4, -0.2) is 18.8 Å². The average Bonchev–Trinajstić information content (AvgIpc) is 1.87. The van der Waals surface area contributed by atoms with Crippen molar-refractivity contribution in [3.05, 3.63) is 0 Å². The number of esters is 1. The molecule has 0 fully saturated rings. The Morgan fingerprint density at radius 1 is 1.70 bits per heavy atom. The quantitative estimate of drug-likeness (QED) is 0.331. The molecular weight excluding hydrogens is 149 g/mol. The molecule has 0 bridgehead atoms. The minimum absolute atomic E-state index is 1.25. The van der Waals surface area contributed by atoms with Crippen molar-refractivity contribution in [2.45, 2.75) is 6.11 Å². The minimum Gasteiger partial charge on any atom is -0.389 e. The van der Waals surface area contributed by atoms with Crippen molar-refractivity contribution < 1.29 is 22.7 Å². The van der Waals surface area contributed by atoms with Crippen molar-refractivity contribution in [1.82, 2.24) is 0 Å². The first-order chi connectivity index (χ1) is 4.52. The number of ether oxygens (including phenoxy) is 1. The maximum absolute atomic E-state index is 11.7. The van der Waals surface area contributed by atoms with Crippen molar-refractivity contribution in [2.24, 2.45) is 0 Å². The summed E-state index contributed by atoms with van der Waals surface area (Å²) in [5, 5.41) is 0. The van der Waals surface area contributed by atoms with E-state index in [0.29, 0.717) is 0 Å². The highest BCUT2D eigenvalue weighted by atomic mass is 19.3. The summed E-state index contributed by atoms with van der Waals surface area (Å²) in [6.45, 7) is -2.07. The molecule has 56 valence electrons. The molecule has 0 aromatic rings. The second kappa shape index (κ2) is 3.11. The highest BCUT2D eigenvalue weighted by Crippen LogP contribution is 2.15. The molecule has 10 heavy (non-hydrogen) atoms. The molecule has 0 saturated carbocycles. The van der Waals surface area contributed by atoms with E-state index in [9.17, 15) is 18.0 Å². The second-order valence-corrected chi connectivity index (χ2v) is 1.30. The predicted molar refractivity (Wildman–Crippen MR) is 25.8 cm³/mol. The maximum Gasteiger partial charge on any atom is 0.429 e. The van der Waals surface area contributed by atoms with E-state index < -0.39 is 18.8 Å². The Hall–Kier alpha value is -1.18. The molecule has 0 atom stereocenters. The zero-order chi connectivity index (χ0) is 8.20. The number of terminal acetylenes is 1. The summed E-state index contributed by atoms with van der Waals surface area (Å²) < 4.78 is 37.7. The van der Waals surface area contributed by atoms with Gasteiger partial charge in [-0.1, -0.05) is 0 Å². The molecule has 0 aromatic heterocycles. The van der Waals surface area contributed by atoms with Crippen molar-refractivity contribution >= 4 is 5.97 Å². The minimum atomic E-state index is -4.09. The highest BCUT2D eigenvalue weighted by molar-refractivity contribution is 5.87. The fourth-order valence-corrected chi connectivity index (χ4v) is 0.192. The topological polar surface area (TPSA) is 26.3 Å². The molecule has 0 rings (SSSR count). The number of carbonyl (C=O) groups excluding carboxylic acids is 1. The van der Waals surface area contributed by atoms with Gasteiger partial charge in [0.25, 0.3) is 0 Å². The number of hydrogen-bond donors (Lipinski definition) is 0. The summed E-state index contributed by atoms with van der Waals surface area (Å²) in [5.74, 6) is -0.333. The van der Waals surface area contributed by atoms with Gasteiger partial charge in [0.1, 0.15) is 0 Å². The molecule has 0 radical (unpaired) electrons. The van der Waals surface area contributed by atoms with Crippen LogP contribution < -0.4 is 0 Å². The van der Waals surface area contributed by atoms with Crippen LogP contribution in [0.5, 0.6) is 0 Å². The lowest BCUT2D eigenvalue weighted by Gasteiger charge is -2.09. The summed E-state index contributed by atoms with van der Waals surface area (Å²) >= 11 is 0. The van der Waals surface area contributed by atoms with Crippen LogP contribution in [0.25, 0.3) is 0 Å². The monoisotopic (exact) mass is 152 g/mol. The first-order valence-corrected chi connectivity index (χ1v) is 2.15. The molecular formula is C5H3F3O2. The highest BCUT2D eigenvalue weighted by Gasteiger charge is 2.33. The van der Waals surface area contributed by atoms with E-state index >= 15 is 0 Å². The lowest BCUT2D eigenvalue weighted by atomic mass is 10.6. The van der Waals surface area contributed by atoms with E-state index in [1.54, 1.807) is 0 Å². The van der Waals surface area contributed by atoms with E-state index in [2.05, 4.69) is 11.2 Å². The standard InChI is InChI=1S/C5H3F3O2/c1-2-4(9)10-5(7,8)3-6/h1H,3H2. The summed E-state index contributed by atoms with van der Waals surface area (Å²) in [6.07, 6.45) is 0.260. The Morgan fingerprint density at radius 3 is 2.50 bits per heavy atom. The molecule has 0 N–H and O–H groups in total. The Kier molecular flexibility index (Phi) is 2.74. The third-order valence-electron chi connectivity index (χ3n) is 0.515. The average molecular weight is 152 g/mol. The fraction of sp³-hybridized carbons (Fsp3) is 0.400. The summed E-state index contributed by atoms with van der Waals surface area (Å²) in [5.41, 5.74) is 0. The number of carbonyl (C=O) groups is 1. The van der Waals surface area contributed by atoms with Crippen LogP contribution in [0.2, 0.25) is 0 Å². The van der Waals surface area contributed by atoms with Gasteiger partial charge in [-0.05, 0) is 0 Å². The number of halogens is 3. The van der Waals surface area contributed by atoms with Gasteiger partial charge < -0.3 is 4.74 Å². The second-order valence-electron chi connectivity index (χ2n) is 1.30. The van der Waals surface area contributed by atoms with Gasteiger partial charge in [-0.15, -0.1) is 6.42 Å². The van der Waals surface area contributed by atoms with Crippen molar-refractivity contribution in [2.75, 3.05) is 6.67 Å². The lowest BCUT2D eigenvalue weighted by molar-refractivity contribution is -0.233. The van der Waals surface area contributed by atoms with E-state index in [0.717, 1.165) is 0 Å². The van der Waals surface area contributed by atoms with Gasteiger partial charge in [0.05, 0.1) is 0 Å². The lowest BCUT2D eigenvalue weighted by Crippen LogP contribution is -2.26. The smallest absolute Gasteiger partial charge is 0.389 e. The van der Waals surface area contributed by atoms with Crippen LogP contribution in [0.1, 0.15) is 0 Å². The first-order valence-electron chi connectivity index (χ1n) is 2.15. The Balaban J connectivity index is 3.91. The van der Waals surface area contributed by atoms with Crippen LogP contribution in [0.3, 0.4) is 0 Å². The van der Waals surface area contributed by atoms with E-state index in [4.69, 9.17) is 0 Å². The summed E-state index contributed by atoms with van der Waals surface area (Å²) in [4.78, 5) is 9.88. The van der Waals surface area contributed by atoms with Crippen molar-refractivity contribution in [3.8, 4) is 12.3 Å². The fourth-order valence-electron chi connectivity index (χ4n) is 0.192. The number of alkyl halides is 3. The van der Waals surface area contributed by atoms with Crippen LogP contribution in [0.4, 0.5) is 13.2 Å². The zero-order valence-electron chi connectivity index (χ0n) is 4.73. The normalized spacial score (nSPS) is 10.2. The van der Waals surface area contributed by atoms with Gasteiger partial charge in [-0.25, -0.2) is 9.18 Å². The van der Waals surface area contributed by atoms with E-state index in [1.165, 1.54) is 5.92 Å². The van der Waals surface area contributed by atoms with Crippen LogP contribution in [0, 0.1) is 12.3 Å². The zero-order valence-corrected chi connectivity index (χ0v) is 4.73. The van der Waals surface area contributed by atoms with Gasteiger partial charge in [0.15, 0.2) is 6.67 Å². The maximum atomic E-state index is 11.7.